The molecule has 0 saturated heterocycles. The van der Waals surface area contributed by atoms with Crippen LogP contribution in [0.25, 0.3) is 0 Å². The highest BCUT2D eigenvalue weighted by atomic mass is 32.1. The maximum absolute atomic E-state index is 11.7. The van der Waals surface area contributed by atoms with Crippen LogP contribution in [0.3, 0.4) is 0 Å². The van der Waals surface area contributed by atoms with Crippen LogP contribution in [0.15, 0.2) is 23.7 Å². The minimum absolute atomic E-state index is 0.209. The third-order valence-electron chi connectivity index (χ3n) is 1.92. The number of hydrogen-bond donors (Lipinski definition) is 2. The molecule has 0 radical (unpaired) electrons. The van der Waals surface area contributed by atoms with Crippen LogP contribution in [0.4, 0.5) is 5.13 Å². The summed E-state index contributed by atoms with van der Waals surface area (Å²) in [6.07, 6.45) is 1.44. The van der Waals surface area contributed by atoms with Gasteiger partial charge in [-0.25, -0.2) is 4.98 Å². The van der Waals surface area contributed by atoms with E-state index < -0.39 is 0 Å². The number of thiophene rings is 1. The first-order chi connectivity index (χ1) is 8.20. The summed E-state index contributed by atoms with van der Waals surface area (Å²) in [5.74, 6) is -0.420. The molecule has 2 heterocycles. The van der Waals surface area contributed by atoms with E-state index in [2.05, 4.69) is 15.6 Å². The summed E-state index contributed by atoms with van der Waals surface area (Å²) in [5.41, 5.74) is 0. The average Bonchev–Trinajstić information content (AvgIpc) is 2.98. The molecule has 0 unspecified atom stereocenters. The zero-order valence-electron chi connectivity index (χ0n) is 8.89. The fourth-order valence-corrected chi connectivity index (χ4v) is 2.50. The van der Waals surface area contributed by atoms with E-state index in [0.717, 1.165) is 11.3 Å². The van der Waals surface area contributed by atoms with E-state index in [-0.39, 0.29) is 11.8 Å². The maximum Gasteiger partial charge on any atom is 0.267 e. The van der Waals surface area contributed by atoms with Crippen molar-refractivity contribution in [3.8, 4) is 0 Å². The van der Waals surface area contributed by atoms with Crippen molar-refractivity contribution >= 4 is 39.6 Å². The molecule has 2 N–H and O–H groups in total. The Morgan fingerprint density at radius 1 is 1.29 bits per heavy atom. The van der Waals surface area contributed by atoms with Gasteiger partial charge in [-0.1, -0.05) is 17.4 Å². The molecule has 0 bridgehead atoms. The fraction of sp³-hybridized carbons (Fsp3) is 0.100. The molecule has 0 saturated carbocycles. The number of nitrogens with one attached hydrogen (secondary N) is 2. The minimum Gasteiger partial charge on any atom is -0.354 e. The number of thiazole rings is 1. The van der Waals surface area contributed by atoms with E-state index in [9.17, 15) is 9.59 Å². The molecule has 2 aromatic heterocycles. The molecule has 2 rings (SSSR count). The van der Waals surface area contributed by atoms with Gasteiger partial charge in [-0.3, -0.25) is 14.9 Å². The van der Waals surface area contributed by atoms with Gasteiger partial charge in [-0.15, -0.1) is 11.3 Å². The number of rotatable bonds is 3. The van der Waals surface area contributed by atoms with E-state index in [4.69, 9.17) is 0 Å². The molecule has 0 aliphatic rings. The SMILES string of the molecule is CNC(=O)c1cnc(NC(=O)c2cccs2)s1. The van der Waals surface area contributed by atoms with Crippen LogP contribution in [0.5, 0.6) is 0 Å². The molecule has 0 aromatic carbocycles. The summed E-state index contributed by atoms with van der Waals surface area (Å²) in [4.78, 5) is 28.0. The standard InChI is InChI=1S/C10H9N3O2S2/c1-11-8(14)7-5-12-10(17-7)13-9(15)6-3-2-4-16-6/h2-5H,1H3,(H,11,14)(H,12,13,15). The Balaban J connectivity index is 2.07. The first-order valence-electron chi connectivity index (χ1n) is 4.73. The lowest BCUT2D eigenvalue weighted by Crippen LogP contribution is -2.16. The van der Waals surface area contributed by atoms with Gasteiger partial charge >= 0.3 is 0 Å². The highest BCUT2D eigenvalue weighted by molar-refractivity contribution is 7.17. The summed E-state index contributed by atoms with van der Waals surface area (Å²) in [6.45, 7) is 0. The Labute approximate surface area is 106 Å². The van der Waals surface area contributed by atoms with E-state index in [1.165, 1.54) is 17.5 Å². The molecule has 0 aliphatic carbocycles. The number of carbonyl (C=O) groups is 2. The third kappa shape index (κ3) is 2.69. The fourth-order valence-electron chi connectivity index (χ4n) is 1.13. The van der Waals surface area contributed by atoms with Gasteiger partial charge in [0.1, 0.15) is 4.88 Å². The Morgan fingerprint density at radius 2 is 2.12 bits per heavy atom. The van der Waals surface area contributed by atoms with E-state index in [0.29, 0.717) is 14.9 Å². The Morgan fingerprint density at radius 3 is 2.76 bits per heavy atom. The third-order valence-corrected chi connectivity index (χ3v) is 3.70. The molecular formula is C10H9N3O2S2. The average molecular weight is 267 g/mol. The molecule has 2 amide bonds. The van der Waals surface area contributed by atoms with Gasteiger partial charge in [-0.2, -0.15) is 0 Å². The lowest BCUT2D eigenvalue weighted by Gasteiger charge is -1.97. The molecule has 17 heavy (non-hydrogen) atoms. The van der Waals surface area contributed by atoms with Crippen LogP contribution in [-0.4, -0.2) is 23.8 Å². The predicted molar refractivity (Wildman–Crippen MR) is 67.8 cm³/mol. The topological polar surface area (TPSA) is 71.1 Å². The molecule has 5 nitrogen and oxygen atoms in total. The molecule has 7 heteroatoms. The van der Waals surface area contributed by atoms with Crippen LogP contribution >= 0.6 is 22.7 Å². The van der Waals surface area contributed by atoms with Gasteiger partial charge in [0.25, 0.3) is 11.8 Å². The van der Waals surface area contributed by atoms with Crippen molar-refractivity contribution in [2.75, 3.05) is 12.4 Å². The van der Waals surface area contributed by atoms with Crippen molar-refractivity contribution in [2.45, 2.75) is 0 Å². The molecule has 88 valence electrons. The van der Waals surface area contributed by atoms with Crippen molar-refractivity contribution < 1.29 is 9.59 Å². The van der Waals surface area contributed by atoms with Gasteiger partial charge < -0.3 is 5.32 Å². The van der Waals surface area contributed by atoms with Gasteiger partial charge in [0.2, 0.25) is 0 Å². The van der Waals surface area contributed by atoms with Crippen LogP contribution in [0.2, 0.25) is 0 Å². The number of hydrogen-bond acceptors (Lipinski definition) is 5. The summed E-state index contributed by atoms with van der Waals surface area (Å²) in [6, 6.07) is 3.53. The van der Waals surface area contributed by atoms with Crippen molar-refractivity contribution in [3.05, 3.63) is 33.5 Å². The second-order valence-corrected chi connectivity index (χ2v) is 5.02. The lowest BCUT2D eigenvalue weighted by molar-refractivity contribution is 0.0966. The monoisotopic (exact) mass is 267 g/mol. The van der Waals surface area contributed by atoms with Crippen molar-refractivity contribution in [3.63, 3.8) is 0 Å². The summed E-state index contributed by atoms with van der Waals surface area (Å²) in [5, 5.41) is 7.38. The summed E-state index contributed by atoms with van der Waals surface area (Å²) < 4.78 is 0. The smallest absolute Gasteiger partial charge is 0.267 e. The van der Waals surface area contributed by atoms with Gasteiger partial charge in [0.15, 0.2) is 5.13 Å². The molecule has 0 fully saturated rings. The number of amides is 2. The Kier molecular flexibility index (Phi) is 3.50. The van der Waals surface area contributed by atoms with Crippen molar-refractivity contribution in [1.82, 2.24) is 10.3 Å². The number of nitrogens with zero attached hydrogens (tertiary/aromatic N) is 1. The van der Waals surface area contributed by atoms with Crippen LogP contribution in [0.1, 0.15) is 19.3 Å². The quantitative estimate of drug-likeness (QED) is 0.891. The summed E-state index contributed by atoms with van der Waals surface area (Å²) in [7, 11) is 1.55. The van der Waals surface area contributed by atoms with Crippen molar-refractivity contribution in [2.24, 2.45) is 0 Å². The van der Waals surface area contributed by atoms with E-state index in [1.807, 2.05) is 5.38 Å². The van der Waals surface area contributed by atoms with Gasteiger partial charge in [0, 0.05) is 7.05 Å². The minimum atomic E-state index is -0.210. The predicted octanol–water partition coefficient (Wildman–Crippen LogP) is 1.82. The van der Waals surface area contributed by atoms with Crippen LogP contribution in [0, 0.1) is 0 Å². The molecule has 0 atom stereocenters. The largest absolute Gasteiger partial charge is 0.354 e. The normalized spacial score (nSPS) is 9.94. The van der Waals surface area contributed by atoms with E-state index in [1.54, 1.807) is 19.2 Å². The molecular weight excluding hydrogens is 258 g/mol. The first kappa shape index (κ1) is 11.7. The molecule has 2 aromatic rings. The zero-order chi connectivity index (χ0) is 12.3. The zero-order valence-corrected chi connectivity index (χ0v) is 10.5. The number of anilines is 1. The Hall–Kier alpha value is -1.73. The highest BCUT2D eigenvalue weighted by Gasteiger charge is 2.12. The number of aromatic nitrogens is 1. The van der Waals surface area contributed by atoms with Gasteiger partial charge in [0.05, 0.1) is 11.1 Å². The first-order valence-corrected chi connectivity index (χ1v) is 6.43. The maximum atomic E-state index is 11.7. The highest BCUT2D eigenvalue weighted by Crippen LogP contribution is 2.19. The molecule has 0 spiro atoms. The van der Waals surface area contributed by atoms with Crippen LogP contribution in [-0.2, 0) is 0 Å². The van der Waals surface area contributed by atoms with Crippen molar-refractivity contribution in [1.29, 1.82) is 0 Å². The molecule has 0 aliphatic heterocycles. The number of carbonyl (C=O) groups excluding carboxylic acids is 2. The second kappa shape index (κ2) is 5.07. The second-order valence-electron chi connectivity index (χ2n) is 3.04. The Bertz CT molecular complexity index is 534. The van der Waals surface area contributed by atoms with Gasteiger partial charge in [-0.05, 0) is 11.4 Å². The van der Waals surface area contributed by atoms with E-state index >= 15 is 0 Å². The summed E-state index contributed by atoms with van der Waals surface area (Å²) >= 11 is 2.49. The lowest BCUT2D eigenvalue weighted by atomic mass is 10.4. The van der Waals surface area contributed by atoms with Crippen LogP contribution < -0.4 is 10.6 Å².